The number of halogens is 1. The molecule has 1 aliphatic heterocycles. The average Bonchev–Trinajstić information content (AvgIpc) is 2.75. The molecule has 18 heavy (non-hydrogen) atoms. The summed E-state index contributed by atoms with van der Waals surface area (Å²) in [5.41, 5.74) is 4.91. The Morgan fingerprint density at radius 2 is 2.28 bits per heavy atom. The molecule has 3 atom stereocenters. The Morgan fingerprint density at radius 1 is 1.50 bits per heavy atom. The summed E-state index contributed by atoms with van der Waals surface area (Å²) in [5, 5.41) is 0. The molecule has 0 radical (unpaired) electrons. The van der Waals surface area contributed by atoms with E-state index in [1.165, 1.54) is 6.07 Å². The van der Waals surface area contributed by atoms with E-state index in [0.717, 1.165) is 30.4 Å². The van der Waals surface area contributed by atoms with Gasteiger partial charge in [-0.25, -0.2) is 4.39 Å². The zero-order chi connectivity index (χ0) is 13.1. The molecule has 2 rings (SSSR count). The number of aryl methyl sites for hydroxylation is 1. The molecule has 3 nitrogen and oxygen atoms in total. The van der Waals surface area contributed by atoms with Crippen LogP contribution in [0, 0.1) is 12.7 Å². The minimum absolute atomic E-state index is 0.0825. The third kappa shape index (κ3) is 3.07. The van der Waals surface area contributed by atoms with Gasteiger partial charge in [-0.1, -0.05) is 6.07 Å². The van der Waals surface area contributed by atoms with Crippen LogP contribution in [0.4, 0.5) is 4.39 Å². The summed E-state index contributed by atoms with van der Waals surface area (Å²) in [4.78, 5) is 0. The van der Waals surface area contributed by atoms with Crippen LogP contribution >= 0.6 is 0 Å². The van der Waals surface area contributed by atoms with Crippen molar-refractivity contribution in [1.82, 2.24) is 5.43 Å². The summed E-state index contributed by atoms with van der Waals surface area (Å²) >= 11 is 0. The van der Waals surface area contributed by atoms with Gasteiger partial charge in [0.05, 0.1) is 18.2 Å². The number of hydrazine groups is 1. The van der Waals surface area contributed by atoms with Gasteiger partial charge in [-0.15, -0.1) is 0 Å². The van der Waals surface area contributed by atoms with E-state index < -0.39 is 0 Å². The Labute approximate surface area is 107 Å². The molecule has 3 unspecified atom stereocenters. The fraction of sp³-hybridized carbons (Fsp3) is 0.571. The van der Waals surface area contributed by atoms with Crippen LogP contribution < -0.4 is 11.3 Å². The van der Waals surface area contributed by atoms with Gasteiger partial charge in [0, 0.05) is 0 Å². The first-order valence-electron chi connectivity index (χ1n) is 6.46. The molecule has 1 aromatic rings. The Balaban J connectivity index is 2.05. The van der Waals surface area contributed by atoms with Gasteiger partial charge in [0.15, 0.2) is 0 Å². The molecule has 100 valence electrons. The van der Waals surface area contributed by atoms with E-state index in [9.17, 15) is 4.39 Å². The van der Waals surface area contributed by atoms with Gasteiger partial charge in [0.2, 0.25) is 0 Å². The molecule has 0 spiro atoms. The van der Waals surface area contributed by atoms with Gasteiger partial charge in [-0.2, -0.15) is 0 Å². The molecule has 1 fully saturated rings. The smallest absolute Gasteiger partial charge is 0.123 e. The van der Waals surface area contributed by atoms with Crippen LogP contribution in [0.25, 0.3) is 0 Å². The highest BCUT2D eigenvalue weighted by molar-refractivity contribution is 5.27. The quantitative estimate of drug-likeness (QED) is 0.637. The monoisotopic (exact) mass is 252 g/mol. The molecular weight excluding hydrogens is 231 g/mol. The lowest BCUT2D eigenvalue weighted by molar-refractivity contribution is 0.0320. The topological polar surface area (TPSA) is 47.3 Å². The highest BCUT2D eigenvalue weighted by Gasteiger charge is 2.29. The molecule has 0 aliphatic carbocycles. The summed E-state index contributed by atoms with van der Waals surface area (Å²) in [5.74, 6) is 5.43. The van der Waals surface area contributed by atoms with Gasteiger partial charge < -0.3 is 4.74 Å². The molecular formula is C14H21FN2O. The molecule has 1 saturated heterocycles. The lowest BCUT2D eigenvalue weighted by Crippen LogP contribution is -2.45. The third-order valence-electron chi connectivity index (χ3n) is 3.67. The van der Waals surface area contributed by atoms with E-state index in [1.807, 2.05) is 13.0 Å². The Kier molecular flexibility index (Phi) is 4.32. The number of nitrogens with two attached hydrogens (primary N) is 1. The summed E-state index contributed by atoms with van der Waals surface area (Å²) in [7, 11) is 0. The molecule has 4 heteroatoms. The van der Waals surface area contributed by atoms with E-state index in [-0.39, 0.29) is 18.0 Å². The van der Waals surface area contributed by atoms with Crippen LogP contribution in [0.3, 0.4) is 0 Å². The number of ether oxygens (including phenoxy) is 1. The van der Waals surface area contributed by atoms with Crippen molar-refractivity contribution < 1.29 is 9.13 Å². The average molecular weight is 252 g/mol. The molecule has 3 N–H and O–H groups in total. The fourth-order valence-corrected chi connectivity index (χ4v) is 2.55. The van der Waals surface area contributed by atoms with E-state index in [2.05, 4.69) is 12.3 Å². The van der Waals surface area contributed by atoms with Crippen LogP contribution in [-0.4, -0.2) is 18.2 Å². The Bertz CT molecular complexity index is 411. The van der Waals surface area contributed by atoms with Gasteiger partial charge in [0.25, 0.3) is 0 Å². The maximum Gasteiger partial charge on any atom is 0.123 e. The second kappa shape index (κ2) is 5.78. The summed E-state index contributed by atoms with van der Waals surface area (Å²) in [6.07, 6.45) is 3.32. The summed E-state index contributed by atoms with van der Waals surface area (Å²) in [6.45, 7) is 4.00. The minimum atomic E-state index is -0.195. The number of rotatable bonds is 4. The van der Waals surface area contributed by atoms with Crippen LogP contribution in [0.15, 0.2) is 18.2 Å². The van der Waals surface area contributed by atoms with Gasteiger partial charge in [0.1, 0.15) is 5.82 Å². The molecule has 0 bridgehead atoms. The predicted octanol–water partition coefficient (Wildman–Crippen LogP) is 2.08. The van der Waals surface area contributed by atoms with Crippen LogP contribution in [0.1, 0.15) is 30.9 Å². The molecule has 1 heterocycles. The maximum atomic E-state index is 13.1. The van der Waals surface area contributed by atoms with Crippen molar-refractivity contribution in [2.75, 3.05) is 0 Å². The van der Waals surface area contributed by atoms with Crippen LogP contribution in [-0.2, 0) is 11.2 Å². The van der Waals surface area contributed by atoms with Crippen molar-refractivity contribution in [2.24, 2.45) is 5.84 Å². The Hall–Kier alpha value is -0.970. The lowest BCUT2D eigenvalue weighted by Gasteiger charge is -2.23. The number of hydrogen-bond donors (Lipinski definition) is 2. The largest absolute Gasteiger partial charge is 0.374 e. The van der Waals surface area contributed by atoms with Crippen molar-refractivity contribution in [1.29, 1.82) is 0 Å². The second-order valence-corrected chi connectivity index (χ2v) is 5.11. The van der Waals surface area contributed by atoms with E-state index in [4.69, 9.17) is 10.6 Å². The second-order valence-electron chi connectivity index (χ2n) is 5.11. The van der Waals surface area contributed by atoms with Crippen molar-refractivity contribution in [2.45, 2.75) is 51.4 Å². The molecule has 0 saturated carbocycles. The molecule has 0 aromatic heterocycles. The molecule has 1 aromatic carbocycles. The summed E-state index contributed by atoms with van der Waals surface area (Å²) < 4.78 is 18.9. The van der Waals surface area contributed by atoms with Crippen molar-refractivity contribution >= 4 is 0 Å². The van der Waals surface area contributed by atoms with Gasteiger partial charge >= 0.3 is 0 Å². The highest BCUT2D eigenvalue weighted by atomic mass is 19.1. The fourth-order valence-electron chi connectivity index (χ4n) is 2.55. The standard InChI is InChI=1S/C14H21FN2O/c1-9-7-12(15)5-4-11(9)8-13(17-16)14-6-3-10(2)18-14/h4-5,7,10,13-14,17H,3,6,8,16H2,1-2H3. The van der Waals surface area contributed by atoms with Crippen molar-refractivity contribution in [3.63, 3.8) is 0 Å². The van der Waals surface area contributed by atoms with Crippen molar-refractivity contribution in [3.8, 4) is 0 Å². The first kappa shape index (κ1) is 13.5. The number of benzene rings is 1. The first-order chi connectivity index (χ1) is 8.60. The van der Waals surface area contributed by atoms with Crippen LogP contribution in [0.5, 0.6) is 0 Å². The predicted molar refractivity (Wildman–Crippen MR) is 69.5 cm³/mol. The van der Waals surface area contributed by atoms with E-state index >= 15 is 0 Å². The van der Waals surface area contributed by atoms with E-state index in [0.29, 0.717) is 6.10 Å². The third-order valence-corrected chi connectivity index (χ3v) is 3.67. The normalized spacial score (nSPS) is 25.3. The Morgan fingerprint density at radius 3 is 2.83 bits per heavy atom. The zero-order valence-electron chi connectivity index (χ0n) is 10.9. The van der Waals surface area contributed by atoms with Crippen LogP contribution in [0.2, 0.25) is 0 Å². The highest BCUT2D eigenvalue weighted by Crippen LogP contribution is 2.24. The molecule has 1 aliphatic rings. The zero-order valence-corrected chi connectivity index (χ0v) is 10.9. The SMILES string of the molecule is Cc1cc(F)ccc1CC(NN)C1CCC(C)O1. The number of hydrogen-bond acceptors (Lipinski definition) is 3. The van der Waals surface area contributed by atoms with Gasteiger partial charge in [-0.05, 0) is 56.4 Å². The summed E-state index contributed by atoms with van der Waals surface area (Å²) in [6, 6.07) is 4.96. The first-order valence-corrected chi connectivity index (χ1v) is 6.46. The van der Waals surface area contributed by atoms with Crippen molar-refractivity contribution in [3.05, 3.63) is 35.1 Å². The lowest BCUT2D eigenvalue weighted by atomic mass is 9.97. The van der Waals surface area contributed by atoms with E-state index in [1.54, 1.807) is 6.07 Å². The maximum absolute atomic E-state index is 13.1. The minimum Gasteiger partial charge on any atom is -0.374 e. The number of nitrogens with one attached hydrogen (secondary N) is 1. The van der Waals surface area contributed by atoms with Gasteiger partial charge in [-0.3, -0.25) is 11.3 Å². The molecule has 0 amide bonds.